The summed E-state index contributed by atoms with van der Waals surface area (Å²) in [6.07, 6.45) is 1.28. The van der Waals surface area contributed by atoms with Gasteiger partial charge in [-0.05, 0) is 6.54 Å². The predicted molar refractivity (Wildman–Crippen MR) is 72.5 cm³/mol. The molecule has 0 heterocycles. The lowest BCUT2D eigenvalue weighted by atomic mass is 10.5. The molecule has 0 saturated carbocycles. The van der Waals surface area contributed by atoms with Crippen molar-refractivity contribution < 1.29 is 23.7 Å². The average molecular weight is 277 g/mol. The van der Waals surface area contributed by atoms with Crippen LogP contribution in [0.25, 0.3) is 0 Å². The third-order valence-electron chi connectivity index (χ3n) is 2.17. The van der Waals surface area contributed by atoms with E-state index >= 15 is 0 Å². The molecule has 0 aromatic heterocycles. The lowest BCUT2D eigenvalue weighted by Gasteiger charge is -2.07. The molecule has 6 heteroatoms. The molecule has 0 saturated heterocycles. The van der Waals surface area contributed by atoms with E-state index < -0.39 is 0 Å². The monoisotopic (exact) mass is 277 g/mol. The molecule has 0 unspecified atom stereocenters. The SMILES string of the molecule is CCNCCOCCOCCOCCOCCC=O. The van der Waals surface area contributed by atoms with Gasteiger partial charge in [0.05, 0.1) is 52.9 Å². The Morgan fingerprint density at radius 2 is 1.26 bits per heavy atom. The second kappa shape index (κ2) is 17.5. The molecule has 0 rings (SSSR count). The third-order valence-corrected chi connectivity index (χ3v) is 2.17. The standard InChI is InChI=1S/C13H27NO5/c1-2-14-4-7-17-9-11-19-13-12-18-10-8-16-6-3-5-15/h5,14H,2-4,6-13H2,1H3. The van der Waals surface area contributed by atoms with Crippen LogP contribution in [-0.4, -0.2) is 72.2 Å². The van der Waals surface area contributed by atoms with Crippen LogP contribution in [0.15, 0.2) is 0 Å². The van der Waals surface area contributed by atoms with Crippen LogP contribution < -0.4 is 5.32 Å². The van der Waals surface area contributed by atoms with Crippen molar-refractivity contribution >= 4 is 6.29 Å². The summed E-state index contributed by atoms with van der Waals surface area (Å²) in [5, 5.41) is 3.17. The number of aldehydes is 1. The van der Waals surface area contributed by atoms with Crippen LogP contribution in [0.5, 0.6) is 0 Å². The largest absolute Gasteiger partial charge is 0.379 e. The van der Waals surface area contributed by atoms with E-state index in [9.17, 15) is 4.79 Å². The van der Waals surface area contributed by atoms with E-state index in [1.165, 1.54) is 0 Å². The van der Waals surface area contributed by atoms with Crippen molar-refractivity contribution in [3.63, 3.8) is 0 Å². The van der Waals surface area contributed by atoms with Crippen molar-refractivity contribution in [3.05, 3.63) is 0 Å². The van der Waals surface area contributed by atoms with Crippen molar-refractivity contribution in [1.29, 1.82) is 0 Å². The molecule has 0 atom stereocenters. The van der Waals surface area contributed by atoms with E-state index in [4.69, 9.17) is 18.9 Å². The zero-order chi connectivity index (χ0) is 14.0. The van der Waals surface area contributed by atoms with E-state index in [1.54, 1.807) is 0 Å². The molecular formula is C13H27NO5. The van der Waals surface area contributed by atoms with Gasteiger partial charge in [-0.2, -0.15) is 0 Å². The summed E-state index contributed by atoms with van der Waals surface area (Å²) >= 11 is 0. The predicted octanol–water partition coefficient (Wildman–Crippen LogP) is 0.251. The van der Waals surface area contributed by atoms with Crippen LogP contribution in [0.3, 0.4) is 0 Å². The van der Waals surface area contributed by atoms with E-state index in [1.807, 2.05) is 0 Å². The van der Waals surface area contributed by atoms with Gasteiger partial charge < -0.3 is 29.1 Å². The van der Waals surface area contributed by atoms with Crippen molar-refractivity contribution in [2.75, 3.05) is 65.9 Å². The molecule has 0 amide bonds. The second-order valence-corrected chi connectivity index (χ2v) is 3.76. The molecule has 0 radical (unpaired) electrons. The highest BCUT2D eigenvalue weighted by atomic mass is 16.6. The van der Waals surface area contributed by atoms with Gasteiger partial charge in [0.1, 0.15) is 6.29 Å². The fraction of sp³-hybridized carbons (Fsp3) is 0.923. The summed E-state index contributed by atoms with van der Waals surface area (Å²) in [7, 11) is 0. The molecule has 0 aromatic carbocycles. The molecule has 0 bridgehead atoms. The maximum Gasteiger partial charge on any atom is 0.122 e. The van der Waals surface area contributed by atoms with E-state index in [-0.39, 0.29) is 0 Å². The first-order valence-corrected chi connectivity index (χ1v) is 6.87. The Morgan fingerprint density at radius 3 is 1.74 bits per heavy atom. The van der Waals surface area contributed by atoms with Crippen LogP contribution in [0, 0.1) is 0 Å². The average Bonchev–Trinajstić information content (AvgIpc) is 2.43. The smallest absolute Gasteiger partial charge is 0.122 e. The number of hydrogen-bond donors (Lipinski definition) is 1. The van der Waals surface area contributed by atoms with Crippen LogP contribution in [0.2, 0.25) is 0 Å². The number of hydrogen-bond acceptors (Lipinski definition) is 6. The molecular weight excluding hydrogens is 250 g/mol. The molecule has 0 spiro atoms. The number of nitrogens with one attached hydrogen (secondary N) is 1. The minimum Gasteiger partial charge on any atom is -0.379 e. The molecule has 1 N–H and O–H groups in total. The minimum atomic E-state index is 0.441. The van der Waals surface area contributed by atoms with E-state index in [0.717, 1.165) is 19.4 Å². The molecule has 6 nitrogen and oxygen atoms in total. The summed E-state index contributed by atoms with van der Waals surface area (Å²) < 4.78 is 21.1. The fourth-order valence-corrected chi connectivity index (χ4v) is 1.21. The molecule has 0 aliphatic heterocycles. The highest BCUT2D eigenvalue weighted by Crippen LogP contribution is 1.83. The fourth-order valence-electron chi connectivity index (χ4n) is 1.21. The van der Waals surface area contributed by atoms with Gasteiger partial charge in [-0.1, -0.05) is 6.92 Å². The van der Waals surface area contributed by atoms with Gasteiger partial charge >= 0.3 is 0 Å². The topological polar surface area (TPSA) is 66.0 Å². The van der Waals surface area contributed by atoms with Crippen molar-refractivity contribution in [1.82, 2.24) is 5.32 Å². The maximum atomic E-state index is 10.00. The number of carbonyl (C=O) groups excluding carboxylic acids is 1. The van der Waals surface area contributed by atoms with Crippen molar-refractivity contribution in [3.8, 4) is 0 Å². The van der Waals surface area contributed by atoms with Gasteiger partial charge in [0.15, 0.2) is 0 Å². The summed E-state index contributed by atoms with van der Waals surface area (Å²) in [5.41, 5.74) is 0. The lowest BCUT2D eigenvalue weighted by molar-refractivity contribution is -0.108. The zero-order valence-corrected chi connectivity index (χ0v) is 11.9. The van der Waals surface area contributed by atoms with Crippen LogP contribution in [0.1, 0.15) is 13.3 Å². The zero-order valence-electron chi connectivity index (χ0n) is 11.9. The molecule has 114 valence electrons. The summed E-state index contributed by atoms with van der Waals surface area (Å²) in [4.78, 5) is 10.00. The maximum absolute atomic E-state index is 10.00. The summed E-state index contributed by atoms with van der Waals surface area (Å²) in [5.74, 6) is 0. The third kappa shape index (κ3) is 17.5. The quantitative estimate of drug-likeness (QED) is 0.322. The number of ether oxygens (including phenoxy) is 4. The second-order valence-electron chi connectivity index (χ2n) is 3.76. The minimum absolute atomic E-state index is 0.441. The van der Waals surface area contributed by atoms with Crippen LogP contribution in [-0.2, 0) is 23.7 Å². The Hall–Kier alpha value is -0.530. The van der Waals surface area contributed by atoms with Gasteiger partial charge in [0.25, 0.3) is 0 Å². The van der Waals surface area contributed by atoms with Gasteiger partial charge in [0.2, 0.25) is 0 Å². The van der Waals surface area contributed by atoms with Gasteiger partial charge in [-0.15, -0.1) is 0 Å². The Balaban J connectivity index is 2.89. The Kier molecular flexibility index (Phi) is 17.0. The number of likely N-dealkylation sites (N-methyl/N-ethyl adjacent to an activating group) is 1. The van der Waals surface area contributed by atoms with Gasteiger partial charge in [-0.25, -0.2) is 0 Å². The Labute approximate surface area is 115 Å². The highest BCUT2D eigenvalue weighted by molar-refractivity contribution is 5.49. The molecule has 0 aliphatic rings. The van der Waals surface area contributed by atoms with Gasteiger partial charge in [-0.3, -0.25) is 0 Å². The van der Waals surface area contributed by atoms with E-state index in [0.29, 0.717) is 59.3 Å². The molecule has 0 aliphatic carbocycles. The Bertz CT molecular complexity index is 180. The van der Waals surface area contributed by atoms with Crippen LogP contribution >= 0.6 is 0 Å². The lowest BCUT2D eigenvalue weighted by Crippen LogP contribution is -2.20. The molecule has 0 aromatic rings. The summed E-state index contributed by atoms with van der Waals surface area (Å²) in [6, 6.07) is 0. The highest BCUT2D eigenvalue weighted by Gasteiger charge is 1.92. The number of carbonyl (C=O) groups is 1. The van der Waals surface area contributed by atoms with Gasteiger partial charge in [0, 0.05) is 13.0 Å². The molecule has 0 fully saturated rings. The van der Waals surface area contributed by atoms with Crippen molar-refractivity contribution in [2.24, 2.45) is 0 Å². The number of rotatable bonds is 16. The first-order valence-electron chi connectivity index (χ1n) is 6.87. The first-order chi connectivity index (χ1) is 9.41. The van der Waals surface area contributed by atoms with E-state index in [2.05, 4.69) is 12.2 Å². The Morgan fingerprint density at radius 1 is 0.789 bits per heavy atom. The normalized spacial score (nSPS) is 10.8. The summed E-state index contributed by atoms with van der Waals surface area (Å²) in [6.45, 7) is 8.45. The first kappa shape index (κ1) is 18.5. The molecule has 19 heavy (non-hydrogen) atoms. The van der Waals surface area contributed by atoms with Crippen LogP contribution in [0.4, 0.5) is 0 Å². The van der Waals surface area contributed by atoms with Crippen molar-refractivity contribution in [2.45, 2.75) is 13.3 Å².